The van der Waals surface area contributed by atoms with Gasteiger partial charge in [0.1, 0.15) is 0 Å². The van der Waals surface area contributed by atoms with Crippen LogP contribution in [-0.4, -0.2) is 46.2 Å². The second-order valence-electron chi connectivity index (χ2n) is 7.82. The largest absolute Gasteiger partial charge is 0.471 e. The van der Waals surface area contributed by atoms with Crippen molar-refractivity contribution in [2.24, 2.45) is 0 Å². The van der Waals surface area contributed by atoms with Crippen LogP contribution >= 0.6 is 0 Å². The van der Waals surface area contributed by atoms with Gasteiger partial charge >= 0.3 is 12.1 Å². The molecule has 1 aliphatic heterocycles. The van der Waals surface area contributed by atoms with Gasteiger partial charge in [-0.25, -0.2) is 8.42 Å². The van der Waals surface area contributed by atoms with E-state index < -0.39 is 22.1 Å². The van der Waals surface area contributed by atoms with E-state index >= 15 is 0 Å². The molecule has 1 aliphatic rings. The molecule has 178 valence electrons. The van der Waals surface area contributed by atoms with Gasteiger partial charge in [-0.2, -0.15) is 17.5 Å². The highest BCUT2D eigenvalue weighted by molar-refractivity contribution is 7.89. The van der Waals surface area contributed by atoms with Crippen LogP contribution in [0.4, 0.5) is 13.2 Å². The zero-order valence-electron chi connectivity index (χ0n) is 17.9. The maximum atomic E-state index is 13.6. The molecule has 0 N–H and O–H groups in total. The second kappa shape index (κ2) is 9.51. The molecule has 0 aliphatic carbocycles. The van der Waals surface area contributed by atoms with Crippen molar-refractivity contribution in [3.8, 4) is 0 Å². The number of carbonyl (C=O) groups excluding carboxylic acids is 1. The molecule has 1 aromatic carbocycles. The Kier molecular flexibility index (Phi) is 6.67. The summed E-state index contributed by atoms with van der Waals surface area (Å²) in [4.78, 5) is 20.7. The Morgan fingerprint density at radius 3 is 2.09 bits per heavy atom. The highest BCUT2D eigenvalue weighted by Gasteiger charge is 2.43. The fourth-order valence-corrected chi connectivity index (χ4v) is 5.20. The van der Waals surface area contributed by atoms with Crippen molar-refractivity contribution in [2.75, 3.05) is 6.54 Å². The molecule has 11 heteroatoms. The molecule has 34 heavy (non-hydrogen) atoms. The van der Waals surface area contributed by atoms with E-state index in [1.54, 1.807) is 54.9 Å². The minimum atomic E-state index is -4.98. The predicted octanol–water partition coefficient (Wildman–Crippen LogP) is 3.31. The lowest BCUT2D eigenvalue weighted by atomic mass is 10.00. The molecule has 3 heterocycles. The van der Waals surface area contributed by atoms with E-state index in [9.17, 15) is 26.4 Å². The van der Waals surface area contributed by atoms with E-state index in [4.69, 9.17) is 0 Å². The first kappa shape index (κ1) is 23.8. The average molecular weight is 491 g/mol. The quantitative estimate of drug-likeness (QED) is 0.530. The first-order chi connectivity index (χ1) is 16.1. The molecular formula is C23H21F3N4O3S. The van der Waals surface area contributed by atoms with Crippen LogP contribution in [-0.2, 0) is 40.9 Å². The topological polar surface area (TPSA) is 83.5 Å². The molecule has 0 saturated carbocycles. The molecule has 0 unspecified atom stereocenters. The minimum absolute atomic E-state index is 0.0183. The van der Waals surface area contributed by atoms with Gasteiger partial charge in [-0.15, -0.1) is 0 Å². The number of benzene rings is 1. The van der Waals surface area contributed by atoms with Gasteiger partial charge in [0.2, 0.25) is 10.0 Å². The van der Waals surface area contributed by atoms with Crippen LogP contribution in [0.2, 0.25) is 0 Å². The van der Waals surface area contributed by atoms with Crippen LogP contribution in [0, 0.1) is 0 Å². The maximum Gasteiger partial charge on any atom is 0.471 e. The van der Waals surface area contributed by atoms with Gasteiger partial charge in [0.25, 0.3) is 0 Å². The third-order valence-corrected chi connectivity index (χ3v) is 7.27. The Labute approximate surface area is 194 Å². The Morgan fingerprint density at radius 1 is 0.941 bits per heavy atom. The van der Waals surface area contributed by atoms with Crippen molar-refractivity contribution in [1.29, 1.82) is 0 Å². The van der Waals surface area contributed by atoms with Crippen LogP contribution in [0.3, 0.4) is 0 Å². The number of hydrogen-bond donors (Lipinski definition) is 0. The van der Waals surface area contributed by atoms with Crippen molar-refractivity contribution in [2.45, 2.75) is 37.1 Å². The standard InChI is InChI=1S/C23H21F3N4O3S/c24-23(25,26)22(31)29-12-9-17-7-8-21(13-18(17)14-29)34(32,33)30(15-19-5-1-3-10-27-19)16-20-6-2-4-11-28-20/h1-8,10-11,13H,9,12,14-16H2. The lowest BCUT2D eigenvalue weighted by molar-refractivity contribution is -0.186. The number of carbonyl (C=O) groups is 1. The number of fused-ring (bicyclic) bond motifs is 1. The second-order valence-corrected chi connectivity index (χ2v) is 9.76. The number of sulfonamides is 1. The van der Waals surface area contributed by atoms with Gasteiger partial charge < -0.3 is 4.90 Å². The predicted molar refractivity (Wildman–Crippen MR) is 117 cm³/mol. The van der Waals surface area contributed by atoms with Crippen LogP contribution in [0.15, 0.2) is 71.9 Å². The molecule has 2 aromatic heterocycles. The molecule has 0 bridgehead atoms. The number of aromatic nitrogens is 2. The van der Waals surface area contributed by atoms with Gasteiger partial charge in [0, 0.05) is 25.5 Å². The molecule has 7 nitrogen and oxygen atoms in total. The Hall–Kier alpha value is -3.31. The molecule has 0 fully saturated rings. The summed E-state index contributed by atoms with van der Waals surface area (Å²) in [5.41, 5.74) is 2.15. The Balaban J connectivity index is 1.66. The summed E-state index contributed by atoms with van der Waals surface area (Å²) in [5, 5.41) is 0. The van der Waals surface area contributed by atoms with Crippen LogP contribution in [0.25, 0.3) is 0 Å². The fourth-order valence-electron chi connectivity index (χ4n) is 3.77. The Morgan fingerprint density at radius 2 is 1.56 bits per heavy atom. The molecular weight excluding hydrogens is 469 g/mol. The number of amides is 1. The van der Waals surface area contributed by atoms with Crippen molar-refractivity contribution in [3.63, 3.8) is 0 Å². The molecule has 0 atom stereocenters. The average Bonchev–Trinajstić information content (AvgIpc) is 2.83. The number of pyridine rings is 2. The number of hydrogen-bond acceptors (Lipinski definition) is 5. The molecule has 0 saturated heterocycles. The van der Waals surface area contributed by atoms with E-state index in [2.05, 4.69) is 9.97 Å². The Bertz CT molecular complexity index is 1230. The van der Waals surface area contributed by atoms with Crippen LogP contribution in [0.1, 0.15) is 22.5 Å². The van der Waals surface area contributed by atoms with Gasteiger partial charge in [0.05, 0.1) is 29.4 Å². The number of nitrogens with zero attached hydrogens (tertiary/aromatic N) is 4. The fraction of sp³-hybridized carbons (Fsp3) is 0.261. The first-order valence-corrected chi connectivity index (χ1v) is 11.9. The van der Waals surface area contributed by atoms with Crippen molar-refractivity contribution < 1.29 is 26.4 Å². The van der Waals surface area contributed by atoms with Gasteiger partial charge in [-0.05, 0) is 53.9 Å². The highest BCUT2D eigenvalue weighted by atomic mass is 32.2. The summed E-state index contributed by atoms with van der Waals surface area (Å²) in [7, 11) is -4.07. The van der Waals surface area contributed by atoms with Crippen molar-refractivity contribution in [1.82, 2.24) is 19.2 Å². The van der Waals surface area contributed by atoms with E-state index in [-0.39, 0.29) is 37.5 Å². The summed E-state index contributed by atoms with van der Waals surface area (Å²) in [6, 6.07) is 14.7. The molecule has 0 spiro atoms. The minimum Gasteiger partial charge on any atom is -0.330 e. The van der Waals surface area contributed by atoms with Crippen LogP contribution in [0.5, 0.6) is 0 Å². The smallest absolute Gasteiger partial charge is 0.330 e. The summed E-state index contributed by atoms with van der Waals surface area (Å²) < 4.78 is 67.1. The number of halogens is 3. The van der Waals surface area contributed by atoms with Crippen molar-refractivity contribution in [3.05, 3.63) is 89.5 Å². The van der Waals surface area contributed by atoms with Crippen molar-refractivity contribution >= 4 is 15.9 Å². The third kappa shape index (κ3) is 5.26. The monoisotopic (exact) mass is 490 g/mol. The number of alkyl halides is 3. The van der Waals surface area contributed by atoms with Gasteiger partial charge in [-0.1, -0.05) is 18.2 Å². The SMILES string of the molecule is O=C(N1CCc2ccc(S(=O)(=O)N(Cc3ccccn3)Cc3ccccn3)cc2C1)C(F)(F)F. The van der Waals surface area contributed by atoms with Gasteiger partial charge in [0.15, 0.2) is 0 Å². The zero-order chi connectivity index (χ0) is 24.3. The molecule has 0 radical (unpaired) electrons. The molecule has 1 amide bonds. The molecule has 4 rings (SSSR count). The van der Waals surface area contributed by atoms with E-state index in [0.29, 0.717) is 27.4 Å². The maximum absolute atomic E-state index is 13.6. The highest BCUT2D eigenvalue weighted by Crippen LogP contribution is 2.28. The summed E-state index contributed by atoms with van der Waals surface area (Å²) >= 11 is 0. The number of rotatable bonds is 6. The normalized spacial score (nSPS) is 14.2. The third-order valence-electron chi connectivity index (χ3n) is 5.49. The zero-order valence-corrected chi connectivity index (χ0v) is 18.8. The lowest BCUT2D eigenvalue weighted by Gasteiger charge is -2.30. The van der Waals surface area contributed by atoms with Crippen LogP contribution < -0.4 is 0 Å². The summed E-state index contributed by atoms with van der Waals surface area (Å²) in [6.07, 6.45) is -1.65. The molecule has 3 aromatic rings. The van der Waals surface area contributed by atoms with E-state index in [1.165, 1.54) is 16.4 Å². The summed E-state index contributed by atoms with van der Waals surface area (Å²) in [6.45, 7) is -0.425. The van der Waals surface area contributed by atoms with E-state index in [0.717, 1.165) is 0 Å². The van der Waals surface area contributed by atoms with Gasteiger partial charge in [-0.3, -0.25) is 14.8 Å². The summed E-state index contributed by atoms with van der Waals surface area (Å²) in [5.74, 6) is -1.93. The van der Waals surface area contributed by atoms with E-state index in [1.807, 2.05) is 0 Å². The first-order valence-electron chi connectivity index (χ1n) is 10.4. The lowest BCUT2D eigenvalue weighted by Crippen LogP contribution is -2.43.